The number of carbonyl (C=O) groups excluding carboxylic acids is 1. The van der Waals surface area contributed by atoms with Crippen molar-refractivity contribution in [1.29, 1.82) is 0 Å². The summed E-state index contributed by atoms with van der Waals surface area (Å²) in [6.07, 6.45) is 1.43. The Balaban J connectivity index is 1.75. The van der Waals surface area contributed by atoms with Crippen molar-refractivity contribution in [2.75, 3.05) is 12.4 Å². The molecule has 31 heavy (non-hydrogen) atoms. The Morgan fingerprint density at radius 1 is 1.23 bits per heavy atom. The van der Waals surface area contributed by atoms with Gasteiger partial charge in [0, 0.05) is 15.5 Å². The lowest BCUT2D eigenvalue weighted by atomic mass is 10.0. The molecule has 2 aromatic carbocycles. The number of halogens is 1. The molecule has 1 unspecified atom stereocenters. The third-order valence-electron chi connectivity index (χ3n) is 5.09. The number of nitrogens with one attached hydrogen (secondary N) is 1. The van der Waals surface area contributed by atoms with Gasteiger partial charge in [-0.2, -0.15) is 0 Å². The number of nitrogens with zero attached hydrogens (tertiary/aromatic N) is 2. The summed E-state index contributed by atoms with van der Waals surface area (Å²) in [6, 6.07) is 13.9. The third kappa shape index (κ3) is 3.94. The summed E-state index contributed by atoms with van der Waals surface area (Å²) in [5.74, 6) is 0.0997. The van der Waals surface area contributed by atoms with E-state index in [1.807, 2.05) is 37.3 Å². The highest BCUT2D eigenvalue weighted by Crippen LogP contribution is 2.35. The number of aromatic nitrogens is 2. The molecule has 4 aromatic rings. The number of carbonyl (C=O) groups is 1. The predicted octanol–water partition coefficient (Wildman–Crippen LogP) is 5.30. The molecule has 0 bridgehead atoms. The number of hydrogen-bond acceptors (Lipinski definition) is 5. The molecule has 158 valence electrons. The Labute approximate surface area is 188 Å². The van der Waals surface area contributed by atoms with Crippen LogP contribution in [0.3, 0.4) is 0 Å². The summed E-state index contributed by atoms with van der Waals surface area (Å²) in [5, 5.41) is 3.78. The van der Waals surface area contributed by atoms with Crippen LogP contribution in [0.5, 0.6) is 5.75 Å². The standard InChI is InChI=1S/C23H20ClN3O3S/c1-13(21(28)26-17-11-16(24)9-10-18(17)30-3)27-12-25-22-20(23(27)29)19(14(2)31-22)15-7-5-4-6-8-15/h4-13H,1-3H3,(H,26,28). The molecule has 0 aliphatic heterocycles. The summed E-state index contributed by atoms with van der Waals surface area (Å²) < 4.78 is 6.64. The molecule has 1 N–H and O–H groups in total. The molecule has 1 atom stereocenters. The summed E-state index contributed by atoms with van der Waals surface area (Å²) in [5.41, 5.74) is 1.99. The lowest BCUT2D eigenvalue weighted by Gasteiger charge is -2.16. The average molecular weight is 454 g/mol. The van der Waals surface area contributed by atoms with E-state index in [1.165, 1.54) is 29.3 Å². The van der Waals surface area contributed by atoms with Crippen molar-refractivity contribution in [1.82, 2.24) is 9.55 Å². The lowest BCUT2D eigenvalue weighted by molar-refractivity contribution is -0.118. The molecule has 8 heteroatoms. The molecule has 0 aliphatic carbocycles. The number of amides is 1. The van der Waals surface area contributed by atoms with Gasteiger partial charge in [0.1, 0.15) is 16.6 Å². The maximum absolute atomic E-state index is 13.4. The second kappa shape index (κ2) is 8.53. The van der Waals surface area contributed by atoms with Crippen LogP contribution in [0.4, 0.5) is 5.69 Å². The molecule has 1 amide bonds. The number of fused-ring (bicyclic) bond motifs is 1. The van der Waals surface area contributed by atoms with Gasteiger partial charge in [0.2, 0.25) is 5.91 Å². The van der Waals surface area contributed by atoms with Crippen molar-refractivity contribution in [3.05, 3.63) is 75.1 Å². The Hall–Kier alpha value is -3.16. The number of ether oxygens (including phenoxy) is 1. The van der Waals surface area contributed by atoms with E-state index < -0.39 is 6.04 Å². The van der Waals surface area contributed by atoms with Crippen molar-refractivity contribution in [3.63, 3.8) is 0 Å². The van der Waals surface area contributed by atoms with Gasteiger partial charge >= 0.3 is 0 Å². The van der Waals surface area contributed by atoms with E-state index in [0.717, 1.165) is 16.0 Å². The SMILES string of the molecule is COc1ccc(Cl)cc1NC(=O)C(C)n1cnc2sc(C)c(-c3ccccc3)c2c1=O. The number of rotatable bonds is 5. The minimum absolute atomic E-state index is 0.256. The zero-order chi connectivity index (χ0) is 22.1. The molecule has 2 heterocycles. The molecule has 0 saturated heterocycles. The molecule has 0 radical (unpaired) electrons. The van der Waals surface area contributed by atoms with Crippen LogP contribution >= 0.6 is 22.9 Å². The number of benzene rings is 2. The zero-order valence-electron chi connectivity index (χ0n) is 17.2. The summed E-state index contributed by atoms with van der Waals surface area (Å²) in [4.78, 5) is 32.5. The highest BCUT2D eigenvalue weighted by Gasteiger charge is 2.22. The first-order valence-corrected chi connectivity index (χ1v) is 10.8. The van der Waals surface area contributed by atoms with Gasteiger partial charge in [-0.3, -0.25) is 14.2 Å². The second-order valence-electron chi connectivity index (χ2n) is 7.05. The van der Waals surface area contributed by atoms with Crippen molar-refractivity contribution in [2.45, 2.75) is 19.9 Å². The van der Waals surface area contributed by atoms with E-state index in [1.54, 1.807) is 25.1 Å². The molecular weight excluding hydrogens is 434 g/mol. The fourth-order valence-corrected chi connectivity index (χ4v) is 4.66. The Bertz CT molecular complexity index is 1330. The first-order valence-electron chi connectivity index (χ1n) is 9.60. The van der Waals surface area contributed by atoms with Gasteiger partial charge in [-0.05, 0) is 37.6 Å². The van der Waals surface area contributed by atoms with Crippen LogP contribution in [0.2, 0.25) is 5.02 Å². The first kappa shape index (κ1) is 21.1. The monoisotopic (exact) mass is 453 g/mol. The number of hydrogen-bond donors (Lipinski definition) is 1. The van der Waals surface area contributed by atoms with E-state index in [0.29, 0.717) is 26.7 Å². The van der Waals surface area contributed by atoms with E-state index in [-0.39, 0.29) is 11.5 Å². The van der Waals surface area contributed by atoms with E-state index in [4.69, 9.17) is 16.3 Å². The third-order valence-corrected chi connectivity index (χ3v) is 6.34. The summed E-state index contributed by atoms with van der Waals surface area (Å²) in [7, 11) is 1.51. The molecular formula is C23H20ClN3O3S. The quantitative estimate of drug-likeness (QED) is 0.445. The molecule has 0 spiro atoms. The fourth-order valence-electron chi connectivity index (χ4n) is 3.49. The van der Waals surface area contributed by atoms with Gasteiger partial charge in [0.05, 0.1) is 24.5 Å². The summed E-state index contributed by atoms with van der Waals surface area (Å²) >= 11 is 7.52. The van der Waals surface area contributed by atoms with Crippen LogP contribution in [0, 0.1) is 6.92 Å². The summed E-state index contributed by atoms with van der Waals surface area (Å²) in [6.45, 7) is 3.63. The normalized spacial score (nSPS) is 12.0. The number of thiophene rings is 1. The topological polar surface area (TPSA) is 73.2 Å². The van der Waals surface area contributed by atoms with Gasteiger partial charge in [-0.25, -0.2) is 4.98 Å². The van der Waals surface area contributed by atoms with Crippen molar-refractivity contribution in [2.24, 2.45) is 0 Å². The van der Waals surface area contributed by atoms with Gasteiger partial charge in [-0.1, -0.05) is 41.9 Å². The van der Waals surface area contributed by atoms with Crippen LogP contribution in [0.25, 0.3) is 21.3 Å². The molecule has 4 rings (SSSR count). The van der Waals surface area contributed by atoms with Crippen LogP contribution in [-0.2, 0) is 4.79 Å². The smallest absolute Gasteiger partial charge is 0.263 e. The van der Waals surface area contributed by atoms with Crippen LogP contribution in [0.15, 0.2) is 59.7 Å². The van der Waals surface area contributed by atoms with Crippen LogP contribution in [-0.4, -0.2) is 22.6 Å². The van der Waals surface area contributed by atoms with E-state index in [2.05, 4.69) is 10.3 Å². The van der Waals surface area contributed by atoms with Crippen LogP contribution < -0.4 is 15.6 Å². The second-order valence-corrected chi connectivity index (χ2v) is 8.69. The zero-order valence-corrected chi connectivity index (χ0v) is 18.8. The Morgan fingerprint density at radius 2 is 1.97 bits per heavy atom. The Morgan fingerprint density at radius 3 is 2.68 bits per heavy atom. The maximum Gasteiger partial charge on any atom is 0.263 e. The molecule has 0 aliphatic rings. The lowest BCUT2D eigenvalue weighted by Crippen LogP contribution is -2.31. The number of methoxy groups -OCH3 is 1. The highest BCUT2D eigenvalue weighted by molar-refractivity contribution is 7.19. The van der Waals surface area contributed by atoms with Crippen molar-refractivity contribution < 1.29 is 9.53 Å². The minimum Gasteiger partial charge on any atom is -0.495 e. The number of aryl methyl sites for hydroxylation is 1. The predicted molar refractivity (Wildman–Crippen MR) is 125 cm³/mol. The maximum atomic E-state index is 13.4. The molecule has 0 saturated carbocycles. The van der Waals surface area contributed by atoms with Crippen molar-refractivity contribution in [3.8, 4) is 16.9 Å². The van der Waals surface area contributed by atoms with E-state index >= 15 is 0 Å². The van der Waals surface area contributed by atoms with Crippen molar-refractivity contribution >= 4 is 44.7 Å². The largest absolute Gasteiger partial charge is 0.495 e. The fraction of sp³-hybridized carbons (Fsp3) is 0.174. The highest BCUT2D eigenvalue weighted by atomic mass is 35.5. The Kier molecular flexibility index (Phi) is 5.80. The molecule has 6 nitrogen and oxygen atoms in total. The van der Waals surface area contributed by atoms with Gasteiger partial charge < -0.3 is 10.1 Å². The van der Waals surface area contributed by atoms with Gasteiger partial charge in [-0.15, -0.1) is 11.3 Å². The average Bonchev–Trinajstić information content (AvgIpc) is 3.11. The first-order chi connectivity index (χ1) is 14.9. The van der Waals surface area contributed by atoms with Crippen LogP contribution in [0.1, 0.15) is 17.8 Å². The van der Waals surface area contributed by atoms with Gasteiger partial charge in [0.15, 0.2) is 0 Å². The number of anilines is 1. The van der Waals surface area contributed by atoms with Gasteiger partial charge in [0.25, 0.3) is 5.56 Å². The minimum atomic E-state index is -0.795. The molecule has 0 fully saturated rings. The van der Waals surface area contributed by atoms with E-state index in [9.17, 15) is 9.59 Å². The molecule has 2 aromatic heterocycles.